The molecule has 1 N–H and O–H groups in total. The van der Waals surface area contributed by atoms with Crippen molar-refractivity contribution in [2.75, 3.05) is 0 Å². The Hall–Kier alpha value is -1.63. The summed E-state index contributed by atoms with van der Waals surface area (Å²) in [6, 6.07) is 1.73. The van der Waals surface area contributed by atoms with Gasteiger partial charge in [0.15, 0.2) is 11.5 Å². The zero-order valence-corrected chi connectivity index (χ0v) is 4.50. The highest BCUT2D eigenvalue weighted by Crippen LogP contribution is 2.00. The van der Waals surface area contributed by atoms with Crippen LogP contribution in [0.25, 0.3) is 0 Å². The second kappa shape index (κ2) is 2.09. The van der Waals surface area contributed by atoms with Crippen LogP contribution in [0.15, 0.2) is 12.4 Å². The predicted molar refractivity (Wildman–Crippen MR) is 29.5 cm³/mol. The molecule has 1 aromatic rings. The summed E-state index contributed by atoms with van der Waals surface area (Å²) in [5.74, 6) is -0.0694. The molecule has 1 heterocycles. The van der Waals surface area contributed by atoms with Crippen molar-refractivity contribution >= 4 is 5.82 Å². The molecule has 0 amide bonds. The Labute approximate surface area is 52.0 Å². The number of nitrogens with zero attached hydrogens (tertiary/aromatic N) is 3. The minimum absolute atomic E-state index is 0.0671. The van der Waals surface area contributed by atoms with Gasteiger partial charge in [0.1, 0.15) is 6.07 Å². The van der Waals surface area contributed by atoms with E-state index in [1.165, 1.54) is 12.4 Å². The maximum absolute atomic E-state index is 8.25. The van der Waals surface area contributed by atoms with Crippen molar-refractivity contribution in [2.45, 2.75) is 0 Å². The van der Waals surface area contributed by atoms with Gasteiger partial charge in [0.2, 0.25) is 0 Å². The van der Waals surface area contributed by atoms with Crippen LogP contribution < -0.4 is 5.73 Å². The van der Waals surface area contributed by atoms with E-state index in [9.17, 15) is 0 Å². The molecule has 0 fully saturated rings. The highest BCUT2D eigenvalue weighted by Gasteiger charge is 1.95. The lowest BCUT2D eigenvalue weighted by molar-refractivity contribution is 1.13. The van der Waals surface area contributed by atoms with Crippen molar-refractivity contribution in [1.82, 2.24) is 15.7 Å². The Balaban J connectivity index is 3.20. The van der Waals surface area contributed by atoms with Crippen LogP contribution in [0.1, 0.15) is 5.69 Å². The van der Waals surface area contributed by atoms with E-state index in [4.69, 9.17) is 11.0 Å². The molecule has 0 unspecified atom stereocenters. The highest BCUT2D eigenvalue weighted by atomic mass is 14.9. The van der Waals surface area contributed by atoms with Gasteiger partial charge in [-0.05, 0) is 0 Å². The van der Waals surface area contributed by atoms with Gasteiger partial charge in [-0.1, -0.05) is 0 Å². The van der Waals surface area contributed by atoms with Gasteiger partial charge in [-0.3, -0.25) is 5.73 Å². The Morgan fingerprint density at radius 1 is 1.44 bits per heavy atom. The predicted octanol–water partition coefficient (Wildman–Crippen LogP) is 0.263. The van der Waals surface area contributed by atoms with E-state index in [-0.39, 0.29) is 11.5 Å². The molecule has 0 aliphatic carbocycles. The summed E-state index contributed by atoms with van der Waals surface area (Å²) < 4.78 is 0. The van der Waals surface area contributed by atoms with Crippen LogP contribution in [-0.4, -0.2) is 9.97 Å². The second-order valence-electron chi connectivity index (χ2n) is 1.37. The summed E-state index contributed by atoms with van der Waals surface area (Å²) in [6.45, 7) is 0. The molecule has 0 atom stereocenters. The van der Waals surface area contributed by atoms with Crippen LogP contribution in [-0.2, 0) is 0 Å². The minimum atomic E-state index is -0.0694. The monoisotopic (exact) mass is 119 g/mol. The summed E-state index contributed by atoms with van der Waals surface area (Å²) >= 11 is 0. The van der Waals surface area contributed by atoms with Crippen LogP contribution in [0.5, 0.6) is 0 Å². The fourth-order valence-electron chi connectivity index (χ4n) is 0.420. The molecule has 4 heteroatoms. The molecule has 0 spiro atoms. The molecule has 0 aromatic carbocycles. The lowest BCUT2D eigenvalue weighted by Crippen LogP contribution is -1.86. The van der Waals surface area contributed by atoms with Crippen LogP contribution in [0.4, 0.5) is 5.82 Å². The lowest BCUT2D eigenvalue weighted by atomic mass is 10.4. The topological polar surface area (TPSA) is 73.4 Å². The van der Waals surface area contributed by atoms with E-state index >= 15 is 0 Å². The molecule has 4 nitrogen and oxygen atoms in total. The normalized spacial score (nSPS) is 8.33. The van der Waals surface area contributed by atoms with Crippen LogP contribution >= 0.6 is 0 Å². The van der Waals surface area contributed by atoms with Crippen molar-refractivity contribution < 1.29 is 0 Å². The number of rotatable bonds is 0. The third kappa shape index (κ3) is 0.941. The number of hydrogen-bond acceptors (Lipinski definition) is 3. The quantitative estimate of drug-likeness (QED) is 0.491. The molecule has 1 radical (unpaired) electrons. The summed E-state index contributed by atoms with van der Waals surface area (Å²) in [6.07, 6.45) is 2.76. The Morgan fingerprint density at radius 3 is 2.56 bits per heavy atom. The number of aromatic nitrogens is 2. The molecular weight excluding hydrogens is 116 g/mol. The first kappa shape index (κ1) is 5.51. The van der Waals surface area contributed by atoms with Gasteiger partial charge >= 0.3 is 0 Å². The van der Waals surface area contributed by atoms with Gasteiger partial charge < -0.3 is 0 Å². The Bertz CT molecular complexity index is 249. The van der Waals surface area contributed by atoms with Crippen LogP contribution in [0.3, 0.4) is 0 Å². The average Bonchev–Trinajstić information content (AvgIpc) is 1.89. The molecule has 43 valence electrons. The molecule has 0 aliphatic heterocycles. The largest absolute Gasteiger partial charge is 0.280 e. The first-order valence-electron chi connectivity index (χ1n) is 2.27. The number of nitrogens with one attached hydrogen (secondary N) is 1. The third-order valence-electron chi connectivity index (χ3n) is 0.804. The fourth-order valence-corrected chi connectivity index (χ4v) is 0.420. The molecule has 1 aromatic heterocycles. The van der Waals surface area contributed by atoms with Gasteiger partial charge in [0.25, 0.3) is 0 Å². The van der Waals surface area contributed by atoms with Gasteiger partial charge in [-0.25, -0.2) is 9.97 Å². The maximum Gasteiger partial charge on any atom is 0.184 e. The Kier molecular flexibility index (Phi) is 1.28. The van der Waals surface area contributed by atoms with Crippen LogP contribution in [0, 0.1) is 11.3 Å². The highest BCUT2D eigenvalue weighted by molar-refractivity contribution is 5.38. The first-order chi connectivity index (χ1) is 4.34. The van der Waals surface area contributed by atoms with Crippen molar-refractivity contribution in [3.63, 3.8) is 0 Å². The lowest BCUT2D eigenvalue weighted by Gasteiger charge is -1.87. The fraction of sp³-hybridized carbons (Fsp3) is 0. The summed E-state index contributed by atoms with van der Waals surface area (Å²) in [4.78, 5) is 7.12. The van der Waals surface area contributed by atoms with Crippen molar-refractivity contribution in [3.05, 3.63) is 18.1 Å². The SMILES string of the molecule is N#Cc1nccnc1[NH]. The van der Waals surface area contributed by atoms with Crippen molar-refractivity contribution in [1.29, 1.82) is 5.26 Å². The average molecular weight is 119 g/mol. The zero-order chi connectivity index (χ0) is 6.69. The molecule has 9 heavy (non-hydrogen) atoms. The van der Waals surface area contributed by atoms with E-state index in [0.29, 0.717) is 0 Å². The van der Waals surface area contributed by atoms with Crippen molar-refractivity contribution in [3.8, 4) is 6.07 Å². The second-order valence-corrected chi connectivity index (χ2v) is 1.37. The smallest absolute Gasteiger partial charge is 0.184 e. The first-order valence-corrected chi connectivity index (χ1v) is 2.27. The number of nitriles is 1. The van der Waals surface area contributed by atoms with Gasteiger partial charge in [-0.2, -0.15) is 5.26 Å². The maximum atomic E-state index is 8.25. The summed E-state index contributed by atoms with van der Waals surface area (Å²) in [5, 5.41) is 8.25. The van der Waals surface area contributed by atoms with Crippen molar-refractivity contribution in [2.24, 2.45) is 0 Å². The van der Waals surface area contributed by atoms with E-state index in [1.807, 2.05) is 0 Å². The molecule has 1 rings (SSSR count). The molecular formula is C5H3N4. The van der Waals surface area contributed by atoms with Crippen LogP contribution in [0.2, 0.25) is 0 Å². The van der Waals surface area contributed by atoms with E-state index in [2.05, 4.69) is 9.97 Å². The van der Waals surface area contributed by atoms with E-state index < -0.39 is 0 Å². The third-order valence-corrected chi connectivity index (χ3v) is 0.804. The molecule has 0 saturated heterocycles. The zero-order valence-electron chi connectivity index (χ0n) is 4.50. The summed E-state index contributed by atoms with van der Waals surface area (Å²) in [7, 11) is 0. The standard InChI is InChI=1S/C5H3N4/c6-3-4-5(7)9-2-1-8-4/h1-2,7H. The number of hydrogen-bond donors (Lipinski definition) is 0. The van der Waals surface area contributed by atoms with Gasteiger partial charge in [0, 0.05) is 12.4 Å². The van der Waals surface area contributed by atoms with E-state index in [0.717, 1.165) is 0 Å². The van der Waals surface area contributed by atoms with Gasteiger partial charge in [0.05, 0.1) is 0 Å². The molecule has 0 bridgehead atoms. The summed E-state index contributed by atoms with van der Waals surface area (Å²) in [5.41, 5.74) is 7.04. The van der Waals surface area contributed by atoms with E-state index in [1.54, 1.807) is 6.07 Å². The Morgan fingerprint density at radius 2 is 2.11 bits per heavy atom. The molecule has 0 aliphatic rings. The van der Waals surface area contributed by atoms with Gasteiger partial charge in [-0.15, -0.1) is 0 Å². The molecule has 0 saturated carbocycles. The minimum Gasteiger partial charge on any atom is -0.280 e.